The highest BCUT2D eigenvalue weighted by Crippen LogP contribution is 2.32. The minimum atomic E-state index is -1.42. The van der Waals surface area contributed by atoms with Crippen LogP contribution in [0.15, 0.2) is 62.2 Å². The Bertz CT molecular complexity index is 3620. The third-order valence-corrected chi connectivity index (χ3v) is 13.5. The number of rotatable bonds is 13. The second-order valence-corrected chi connectivity index (χ2v) is 20.2. The molecule has 0 amide bonds. The summed E-state index contributed by atoms with van der Waals surface area (Å²) in [6.07, 6.45) is 2.96. The largest absolute Gasteiger partial charge is 0.394 e. The van der Waals surface area contributed by atoms with Crippen LogP contribution in [0.3, 0.4) is 0 Å². The number of fused-ring (bicyclic) bond motifs is 4. The summed E-state index contributed by atoms with van der Waals surface area (Å²) < 4.78 is 5.45. The first kappa shape index (κ1) is 69.3. The number of ether oxygens (including phenoxy) is 1. The molecule has 0 aromatic carbocycles. The zero-order valence-electron chi connectivity index (χ0n) is 45.2. The van der Waals surface area contributed by atoms with Gasteiger partial charge in [-0.25, -0.2) is 44.9 Å². The summed E-state index contributed by atoms with van der Waals surface area (Å²) in [7, 11) is 0. The van der Waals surface area contributed by atoms with Crippen LogP contribution in [0.4, 0.5) is 28.8 Å². The standard InChI is InChI=1S/C11H15N3O4S.C10H12N4O4S.C10H12N4O4.C5H6N4O2S.C5H8N4OS.C3H10N2/c1-19-11-13-8-5(9(17)14-11)2-4-7(16)6(15)3-18-10(4)12-8;1-19-10-13-8-6(9(18)14-10)12-4(2-11-8)7(17)5(16)3-15;1-4-12-9-7(10(18)13-4)14-5(2-11-9)8(17)6(16)3-15;1-12-5-7-3(6)2(9-11)4(10)8-5;1-11-5-8-3(7)2(6)4(10)9-5;4-2-1-3-5/h4,6-7,10,15-16H,2-3H2,1H3,(H2,12,13,14,17);2,5,7,15-17H,3H2,1H3,(H,11,13,14,18);2,6,8,15-17H,3H2,1H3,(H,11,12,13,18);1H3,(H3,6,7,8,10);6H2,1H3,(H3,7,8,9,10);1-5H2/t4?,6-,7+,10?;5-,7+;6-,8+;;;/m111.../s1. The maximum Gasteiger partial charge on any atom is 0.283 e. The lowest BCUT2D eigenvalue weighted by molar-refractivity contribution is -0.151. The van der Waals surface area contributed by atoms with Gasteiger partial charge < -0.3 is 89.5 Å². The number of nitrogens with zero attached hydrogens (tertiary/aromatic N) is 10. The number of hydrogen-bond donors (Lipinski definition) is 19. The van der Waals surface area contributed by atoms with Crippen LogP contribution in [0.2, 0.25) is 0 Å². The van der Waals surface area contributed by atoms with Gasteiger partial charge in [0.25, 0.3) is 27.8 Å². The van der Waals surface area contributed by atoms with Gasteiger partial charge in [-0.1, -0.05) is 47.0 Å². The molecule has 8 atom stereocenters. The van der Waals surface area contributed by atoms with E-state index in [0.717, 1.165) is 19.5 Å². The zero-order valence-corrected chi connectivity index (χ0v) is 48.4. The Morgan fingerprint density at radius 3 is 1.58 bits per heavy atom. The van der Waals surface area contributed by atoms with Crippen molar-refractivity contribution in [2.75, 3.05) is 80.5 Å². The van der Waals surface area contributed by atoms with Crippen molar-refractivity contribution in [1.82, 2.24) is 69.8 Å². The smallest absolute Gasteiger partial charge is 0.283 e. The highest BCUT2D eigenvalue weighted by atomic mass is 32.2. The second-order valence-electron chi connectivity index (χ2n) is 17.0. The molecule has 9 rings (SSSR count). The van der Waals surface area contributed by atoms with Crippen molar-refractivity contribution in [3.05, 3.63) is 91.8 Å². The van der Waals surface area contributed by atoms with E-state index in [0.29, 0.717) is 44.3 Å². The predicted molar refractivity (Wildman–Crippen MR) is 312 cm³/mol. The maximum atomic E-state index is 12.0. The van der Waals surface area contributed by atoms with Crippen LogP contribution in [-0.4, -0.2) is 199 Å². The van der Waals surface area contributed by atoms with Gasteiger partial charge in [0.05, 0.1) is 55.3 Å². The summed E-state index contributed by atoms with van der Waals surface area (Å²) in [5, 5.41) is 82.3. The summed E-state index contributed by atoms with van der Waals surface area (Å²) in [4.78, 5) is 115. The average molecular weight is 1250 g/mol. The third-order valence-electron chi connectivity index (χ3n) is 11.2. The molecular weight excluding hydrogens is 1190 g/mol. The lowest BCUT2D eigenvalue weighted by Gasteiger charge is -2.41. The molecule has 36 nitrogen and oxygen atoms in total. The van der Waals surface area contributed by atoms with Gasteiger partial charge in [-0.3, -0.25) is 38.9 Å². The van der Waals surface area contributed by atoms with Crippen LogP contribution in [0.1, 0.15) is 41.4 Å². The molecule has 7 aromatic rings. The quantitative estimate of drug-likeness (QED) is 0.0296. The fourth-order valence-corrected chi connectivity index (χ4v) is 8.31. The van der Waals surface area contributed by atoms with Crippen LogP contribution in [0, 0.1) is 17.7 Å². The van der Waals surface area contributed by atoms with E-state index in [-0.39, 0.29) is 80.4 Å². The van der Waals surface area contributed by atoms with Crippen LogP contribution in [0.5, 0.6) is 0 Å². The Morgan fingerprint density at radius 2 is 1.11 bits per heavy atom. The van der Waals surface area contributed by atoms with Gasteiger partial charge in [0, 0.05) is 5.92 Å². The fraction of sp³-hybridized carbons (Fsp3) is 0.455. The molecule has 0 aliphatic carbocycles. The van der Waals surface area contributed by atoms with Gasteiger partial charge >= 0.3 is 0 Å². The number of anilines is 4. The topological polar surface area (TPSA) is 623 Å². The second kappa shape index (κ2) is 33.4. The normalized spacial score (nSPS) is 17.1. The monoisotopic (exact) mass is 1250 g/mol. The molecule has 7 aromatic heterocycles. The van der Waals surface area contributed by atoms with Gasteiger partial charge in [0.2, 0.25) is 5.69 Å². The van der Waals surface area contributed by atoms with E-state index in [1.54, 1.807) is 25.7 Å². The van der Waals surface area contributed by atoms with E-state index in [1.807, 2.05) is 6.26 Å². The van der Waals surface area contributed by atoms with Crippen LogP contribution in [-0.2, 0) is 11.2 Å². The molecule has 24 N–H and O–H groups in total. The molecule has 9 heterocycles. The Labute approximate surface area is 489 Å². The molecule has 1 fully saturated rings. The molecule has 84 heavy (non-hydrogen) atoms. The van der Waals surface area contributed by atoms with Crippen LogP contribution in [0.25, 0.3) is 22.3 Å². The van der Waals surface area contributed by atoms with Gasteiger partial charge in [-0.15, -0.1) is 4.91 Å². The van der Waals surface area contributed by atoms with Crippen molar-refractivity contribution in [2.45, 2.75) is 83.2 Å². The Morgan fingerprint density at radius 1 is 0.643 bits per heavy atom. The number of aliphatic hydroxyl groups excluding tert-OH is 8. The summed E-state index contributed by atoms with van der Waals surface area (Å²) in [6.45, 7) is 1.88. The van der Waals surface area contributed by atoms with E-state index in [9.17, 15) is 59.5 Å². The number of aliphatic hydroxyl groups is 8. The van der Waals surface area contributed by atoms with E-state index in [1.165, 1.54) is 59.4 Å². The number of nitrogens with one attached hydrogen (secondary N) is 6. The first-order valence-electron chi connectivity index (χ1n) is 24.2. The molecule has 458 valence electrons. The molecule has 2 unspecified atom stereocenters. The fourth-order valence-electron chi connectivity index (χ4n) is 6.79. The molecule has 0 saturated carbocycles. The van der Waals surface area contributed by atoms with Crippen molar-refractivity contribution >= 4 is 98.2 Å². The van der Waals surface area contributed by atoms with E-state index < -0.39 is 72.7 Å². The highest BCUT2D eigenvalue weighted by Gasteiger charge is 2.43. The lowest BCUT2D eigenvalue weighted by Crippen LogP contribution is -2.55. The van der Waals surface area contributed by atoms with Gasteiger partial charge in [-0.2, -0.15) is 0 Å². The molecule has 0 bridgehead atoms. The van der Waals surface area contributed by atoms with Crippen molar-refractivity contribution in [3.8, 4) is 0 Å². The number of nitroso groups, excluding NO2 is 1. The molecular formula is C44H63N21O15S4. The Balaban J connectivity index is 0.000000224. The van der Waals surface area contributed by atoms with E-state index in [2.05, 4.69) is 80.3 Å². The number of aromatic nitrogens is 14. The first-order valence-corrected chi connectivity index (χ1v) is 29.1. The molecule has 1 saturated heterocycles. The van der Waals surface area contributed by atoms with E-state index in [4.69, 9.17) is 43.6 Å². The van der Waals surface area contributed by atoms with Gasteiger partial charge in [0.15, 0.2) is 54.6 Å². The van der Waals surface area contributed by atoms with Gasteiger partial charge in [-0.05, 0) is 63.1 Å². The minimum absolute atomic E-state index is 0.000188. The maximum absolute atomic E-state index is 12.0. The molecule has 0 radical (unpaired) electrons. The minimum Gasteiger partial charge on any atom is -0.394 e. The third kappa shape index (κ3) is 18.7. The molecule has 0 spiro atoms. The average Bonchev–Trinajstić information content (AvgIpc) is 2.43. The zero-order chi connectivity index (χ0) is 62.5. The van der Waals surface area contributed by atoms with E-state index >= 15 is 0 Å². The molecule has 40 heteroatoms. The lowest BCUT2D eigenvalue weighted by atomic mass is 9.86. The summed E-state index contributed by atoms with van der Waals surface area (Å²) in [5.74, 6) is 0.499. The van der Waals surface area contributed by atoms with Crippen LogP contribution < -0.4 is 61.8 Å². The summed E-state index contributed by atoms with van der Waals surface area (Å²) >= 11 is 5.14. The number of nitrogen functional groups attached to an aromatic ring is 3. The van der Waals surface area contributed by atoms with Gasteiger partial charge in [0.1, 0.15) is 54.1 Å². The number of H-pyrrole nitrogens is 5. The number of aryl methyl sites for hydroxylation is 1. The summed E-state index contributed by atoms with van der Waals surface area (Å²) in [6, 6.07) is 0. The first-order chi connectivity index (χ1) is 39.9. The predicted octanol–water partition coefficient (Wildman–Crippen LogP) is -4.19. The number of aromatic amines is 5. The molecule has 2 aliphatic heterocycles. The van der Waals surface area contributed by atoms with Crippen molar-refractivity contribution in [3.63, 3.8) is 0 Å². The number of nitrogens with two attached hydrogens (primary N) is 5. The van der Waals surface area contributed by atoms with Crippen molar-refractivity contribution in [2.24, 2.45) is 22.6 Å². The Kier molecular flexibility index (Phi) is 27.5. The number of hydrogen-bond acceptors (Lipinski definition) is 35. The number of thioether (sulfide) groups is 4. The Hall–Kier alpha value is -7.16. The summed E-state index contributed by atoms with van der Waals surface area (Å²) in [5.41, 5.74) is 24.2. The SMILES string of the molecule is CSc1nc(N)c(N)c(=O)[nH]1.CSc1nc(N)c(N=O)c(=O)[nH]1.CSc1nc2c(c(=O)[nH]1)CC1C(N2)OC[C@@H](O)[C@H]1O.CSc1nc2ncc([C@H](O)[C@H](O)CO)nc2c(=O)[nH]1.Cc1nc2ncc([C@H](O)[C@H](O)CO)nc2c(=O)[nH]1.NCCCN. The molecule has 2 aliphatic rings. The highest BCUT2D eigenvalue weighted by molar-refractivity contribution is 7.99. The van der Waals surface area contributed by atoms with Crippen molar-refractivity contribution < 1.29 is 45.6 Å². The van der Waals surface area contributed by atoms with Crippen LogP contribution >= 0.6 is 47.0 Å². The van der Waals surface area contributed by atoms with Crippen molar-refractivity contribution in [1.29, 1.82) is 0 Å².